The number of aromatic nitrogens is 2. The van der Waals surface area contributed by atoms with Gasteiger partial charge in [0, 0.05) is 31.5 Å². The number of rotatable bonds is 15. The van der Waals surface area contributed by atoms with Crippen molar-refractivity contribution in [2.45, 2.75) is 69.3 Å². The average molecular weight is 717 g/mol. The van der Waals surface area contributed by atoms with E-state index in [1.807, 2.05) is 24.3 Å². The van der Waals surface area contributed by atoms with Crippen LogP contribution < -0.4 is 21.9 Å². The molecule has 0 radical (unpaired) electrons. The number of unbranched alkanes of at least 4 members (excludes halogenated alkanes) is 2. The van der Waals surface area contributed by atoms with Gasteiger partial charge < -0.3 is 35.1 Å². The summed E-state index contributed by atoms with van der Waals surface area (Å²) in [5.41, 5.74) is 2.96. The molecule has 2 heterocycles. The van der Waals surface area contributed by atoms with Crippen LogP contribution >= 0.6 is 0 Å². The highest BCUT2D eigenvalue weighted by molar-refractivity contribution is 5.79. The second kappa shape index (κ2) is 18.0. The van der Waals surface area contributed by atoms with Gasteiger partial charge in [0.25, 0.3) is 5.56 Å². The molecule has 1 fully saturated rings. The zero-order valence-electron chi connectivity index (χ0n) is 28.3. The number of aromatic amines is 1. The van der Waals surface area contributed by atoms with Gasteiger partial charge in [0.15, 0.2) is 0 Å². The minimum Gasteiger partial charge on any atom is -0.481 e. The molecule has 3 atom stereocenters. The number of fused-ring (bicyclic) bond motifs is 3. The highest BCUT2D eigenvalue weighted by Gasteiger charge is 2.39. The molecule has 0 saturated carbocycles. The number of aliphatic carboxylic acids is 1. The van der Waals surface area contributed by atoms with Crippen LogP contribution in [0.3, 0.4) is 0 Å². The monoisotopic (exact) mass is 716 g/mol. The summed E-state index contributed by atoms with van der Waals surface area (Å²) in [5, 5.41) is 23.8. The second-order valence-electron chi connectivity index (χ2n) is 12.3. The van der Waals surface area contributed by atoms with Crippen molar-refractivity contribution in [3.05, 3.63) is 92.3 Å². The highest BCUT2D eigenvalue weighted by atomic mass is 16.6. The van der Waals surface area contributed by atoms with Crippen molar-refractivity contribution in [1.82, 2.24) is 20.2 Å². The fraction of sp³-hybridized carbons (Fsp3) is 0.405. The van der Waals surface area contributed by atoms with E-state index in [1.165, 1.54) is 6.20 Å². The number of aliphatic hydroxyl groups excluding tert-OH is 1. The van der Waals surface area contributed by atoms with Crippen molar-refractivity contribution in [3.63, 3.8) is 0 Å². The first-order valence-corrected chi connectivity index (χ1v) is 17.0. The van der Waals surface area contributed by atoms with Crippen LogP contribution in [0.4, 0.5) is 4.79 Å². The molecule has 2 amide bonds. The van der Waals surface area contributed by atoms with Gasteiger partial charge in [-0.25, -0.2) is 9.59 Å². The Kier molecular flexibility index (Phi) is 13.0. The largest absolute Gasteiger partial charge is 0.481 e. The number of H-pyrrole nitrogens is 1. The zero-order valence-corrected chi connectivity index (χ0v) is 28.3. The Morgan fingerprint density at radius 1 is 0.942 bits per heavy atom. The number of nitrogens with zero attached hydrogens (tertiary/aromatic N) is 1. The normalized spacial score (nSPS) is 17.3. The number of carbonyl (C=O) groups excluding carboxylic acids is 3. The molecule has 1 aliphatic heterocycles. The maximum atomic E-state index is 12.5. The van der Waals surface area contributed by atoms with Crippen molar-refractivity contribution < 1.29 is 43.6 Å². The van der Waals surface area contributed by atoms with E-state index in [0.29, 0.717) is 25.8 Å². The van der Waals surface area contributed by atoms with Gasteiger partial charge in [-0.05, 0) is 35.1 Å². The Hall–Kier alpha value is -5.72. The van der Waals surface area contributed by atoms with Crippen molar-refractivity contribution in [3.8, 4) is 23.0 Å². The van der Waals surface area contributed by atoms with E-state index in [9.17, 15) is 33.9 Å². The molecule has 1 saturated heterocycles. The molecule has 0 bridgehead atoms. The number of carboxylic acids is 1. The number of benzene rings is 2. The molecule has 1 aromatic heterocycles. The van der Waals surface area contributed by atoms with E-state index in [1.54, 1.807) is 0 Å². The van der Waals surface area contributed by atoms with Crippen LogP contribution in [0.1, 0.15) is 73.8 Å². The molecule has 3 unspecified atom stereocenters. The van der Waals surface area contributed by atoms with Crippen molar-refractivity contribution in [2.75, 3.05) is 26.3 Å². The SMILES string of the molecule is O=C(O)CCC(=O)OC1CC(n2cc(C#CCNC(=O)CCCCCNC(=O)OCC3c4ccccc4-c4ccccc43)c(=O)[nH]c2=O)OC1CO. The first kappa shape index (κ1) is 37.5. The minimum absolute atomic E-state index is 0.0170. The molecular formula is C37H40N4O11. The van der Waals surface area contributed by atoms with Gasteiger partial charge in [-0.2, -0.15) is 0 Å². The fourth-order valence-corrected chi connectivity index (χ4v) is 6.18. The number of aliphatic hydroxyl groups is 1. The third kappa shape index (κ3) is 9.74. The summed E-state index contributed by atoms with van der Waals surface area (Å²) in [5.74, 6) is 3.08. The summed E-state index contributed by atoms with van der Waals surface area (Å²) in [6.45, 7) is 0.0579. The summed E-state index contributed by atoms with van der Waals surface area (Å²) < 4.78 is 17.5. The van der Waals surface area contributed by atoms with Crippen molar-refractivity contribution in [2.24, 2.45) is 0 Å². The van der Waals surface area contributed by atoms with E-state index < -0.39 is 60.7 Å². The standard InChI is InChI=1S/C37H40N4O11/c42-21-30-29(52-34(46)16-15-33(44)45)19-32(51-30)41-20-23(35(47)40-36(41)48)9-8-18-38-31(43)14-2-1-7-17-39-37(49)50-22-28-26-12-5-3-10-24(26)25-11-4-6-13-27(25)28/h3-6,10-13,20,28-30,32,42H,1-2,7,14-19,21-22H2,(H,38,43)(H,39,49)(H,44,45)(H,40,47,48). The van der Waals surface area contributed by atoms with Crippen LogP contribution in [0.2, 0.25) is 0 Å². The lowest BCUT2D eigenvalue weighted by Crippen LogP contribution is -2.33. The number of alkyl carbamates (subject to hydrolysis) is 1. The van der Waals surface area contributed by atoms with Crippen molar-refractivity contribution in [1.29, 1.82) is 0 Å². The van der Waals surface area contributed by atoms with E-state index >= 15 is 0 Å². The van der Waals surface area contributed by atoms with E-state index in [4.69, 9.17) is 19.3 Å². The summed E-state index contributed by atoms with van der Waals surface area (Å²) >= 11 is 0. The van der Waals surface area contributed by atoms with Gasteiger partial charge in [0.05, 0.1) is 26.0 Å². The summed E-state index contributed by atoms with van der Waals surface area (Å²) in [4.78, 5) is 74.4. The van der Waals surface area contributed by atoms with Crippen LogP contribution in [-0.2, 0) is 28.6 Å². The van der Waals surface area contributed by atoms with Gasteiger partial charge in [0.1, 0.15) is 30.6 Å². The molecule has 2 aliphatic rings. The predicted octanol–water partition coefficient (Wildman–Crippen LogP) is 2.16. The minimum atomic E-state index is -1.17. The average Bonchev–Trinajstić information content (AvgIpc) is 3.68. The van der Waals surface area contributed by atoms with Gasteiger partial charge in [-0.1, -0.05) is 66.8 Å². The van der Waals surface area contributed by atoms with Crippen LogP contribution in [0.25, 0.3) is 11.1 Å². The third-order valence-electron chi connectivity index (χ3n) is 8.75. The Bertz CT molecular complexity index is 1910. The molecule has 5 N–H and O–H groups in total. The van der Waals surface area contributed by atoms with Gasteiger partial charge in [-0.15, -0.1) is 0 Å². The maximum absolute atomic E-state index is 12.5. The molecule has 5 rings (SSSR count). The molecule has 1 aliphatic carbocycles. The van der Waals surface area contributed by atoms with Gasteiger partial charge >= 0.3 is 23.7 Å². The third-order valence-corrected chi connectivity index (χ3v) is 8.75. The number of amides is 2. The predicted molar refractivity (Wildman–Crippen MR) is 185 cm³/mol. The number of ether oxygens (including phenoxy) is 3. The molecule has 2 aromatic carbocycles. The Balaban J connectivity index is 0.992. The van der Waals surface area contributed by atoms with Crippen LogP contribution in [0, 0.1) is 11.8 Å². The lowest BCUT2D eigenvalue weighted by molar-refractivity contribution is -0.155. The van der Waals surface area contributed by atoms with E-state index in [0.717, 1.165) is 26.8 Å². The Labute approximate surface area is 298 Å². The van der Waals surface area contributed by atoms with Crippen LogP contribution in [0.5, 0.6) is 0 Å². The van der Waals surface area contributed by atoms with E-state index in [-0.39, 0.29) is 49.8 Å². The lowest BCUT2D eigenvalue weighted by Gasteiger charge is -2.16. The van der Waals surface area contributed by atoms with E-state index in [2.05, 4.69) is 51.7 Å². The molecule has 52 heavy (non-hydrogen) atoms. The molecule has 0 spiro atoms. The summed E-state index contributed by atoms with van der Waals surface area (Å²) in [6, 6.07) is 16.2. The topological polar surface area (TPSA) is 215 Å². The van der Waals surface area contributed by atoms with Crippen LogP contribution in [-0.4, -0.2) is 82.2 Å². The molecule has 274 valence electrons. The first-order valence-electron chi connectivity index (χ1n) is 17.0. The number of esters is 1. The number of carbonyl (C=O) groups is 4. The Morgan fingerprint density at radius 3 is 2.35 bits per heavy atom. The van der Waals surface area contributed by atoms with Gasteiger partial charge in [-0.3, -0.25) is 28.7 Å². The molecular weight excluding hydrogens is 676 g/mol. The molecule has 3 aromatic rings. The first-order chi connectivity index (χ1) is 25.1. The fourth-order valence-electron chi connectivity index (χ4n) is 6.18. The lowest BCUT2D eigenvalue weighted by atomic mass is 9.98. The number of carboxylic acid groups (broad SMARTS) is 1. The van der Waals surface area contributed by atoms with Gasteiger partial charge in [0.2, 0.25) is 5.91 Å². The second-order valence-corrected chi connectivity index (χ2v) is 12.3. The highest BCUT2D eigenvalue weighted by Crippen LogP contribution is 2.44. The Morgan fingerprint density at radius 2 is 1.65 bits per heavy atom. The number of nitrogens with one attached hydrogen (secondary N) is 3. The molecule has 15 nitrogen and oxygen atoms in total. The summed E-state index contributed by atoms with van der Waals surface area (Å²) in [6.07, 6.45) is -0.879. The quantitative estimate of drug-likeness (QED) is 0.0873. The number of hydrogen-bond acceptors (Lipinski definition) is 10. The number of hydrogen-bond donors (Lipinski definition) is 5. The summed E-state index contributed by atoms with van der Waals surface area (Å²) in [7, 11) is 0. The molecule has 15 heteroatoms. The zero-order chi connectivity index (χ0) is 37.0. The smallest absolute Gasteiger partial charge is 0.407 e. The van der Waals surface area contributed by atoms with Crippen molar-refractivity contribution >= 4 is 23.9 Å². The maximum Gasteiger partial charge on any atom is 0.407 e. The van der Waals surface area contributed by atoms with Crippen LogP contribution in [0.15, 0.2) is 64.3 Å².